The number of aromatic nitrogens is 2. The number of nitrogens with zero attached hydrogens (tertiary/aromatic N) is 2. The monoisotopic (exact) mass is 370 g/mol. The molecular formula is C14H9BrClFN2S. The Labute approximate surface area is 132 Å². The van der Waals surface area contributed by atoms with Crippen LogP contribution < -0.4 is 0 Å². The first kappa shape index (κ1) is 13.9. The number of thiophene rings is 1. The van der Waals surface area contributed by atoms with E-state index in [2.05, 4.69) is 25.9 Å². The molecule has 0 saturated heterocycles. The molecule has 0 spiro atoms. The van der Waals surface area contributed by atoms with Crippen molar-refractivity contribution >= 4 is 49.8 Å². The predicted molar refractivity (Wildman–Crippen MR) is 84.9 cm³/mol. The molecule has 0 atom stereocenters. The minimum Gasteiger partial charge on any atom is -0.228 e. The molecule has 2 heterocycles. The van der Waals surface area contributed by atoms with Crippen LogP contribution in [0.1, 0.15) is 12.5 Å². The summed E-state index contributed by atoms with van der Waals surface area (Å²) in [4.78, 5) is 8.83. The molecule has 0 amide bonds. The van der Waals surface area contributed by atoms with Crippen LogP contribution in [-0.2, 0) is 6.42 Å². The zero-order valence-electron chi connectivity index (χ0n) is 10.5. The SMILES string of the molecule is CCc1cc(F)cc2c(Cl)nc(-c3csc(Br)c3)nc12. The molecule has 6 heteroatoms. The molecule has 3 aromatic rings. The molecule has 2 nitrogen and oxygen atoms in total. The maximum atomic E-state index is 13.6. The van der Waals surface area contributed by atoms with E-state index in [1.165, 1.54) is 12.1 Å². The summed E-state index contributed by atoms with van der Waals surface area (Å²) < 4.78 is 14.6. The Kier molecular flexibility index (Phi) is 3.75. The molecule has 0 bridgehead atoms. The Morgan fingerprint density at radius 3 is 2.75 bits per heavy atom. The maximum absolute atomic E-state index is 13.6. The van der Waals surface area contributed by atoms with Gasteiger partial charge in [0.1, 0.15) is 11.0 Å². The summed E-state index contributed by atoms with van der Waals surface area (Å²) in [5.74, 6) is 0.247. The minimum absolute atomic E-state index is 0.279. The zero-order chi connectivity index (χ0) is 14.3. The van der Waals surface area contributed by atoms with Crippen molar-refractivity contribution in [3.05, 3.63) is 43.9 Å². The highest BCUT2D eigenvalue weighted by Gasteiger charge is 2.13. The molecule has 0 radical (unpaired) electrons. The molecule has 3 rings (SSSR count). The number of benzene rings is 1. The fourth-order valence-electron chi connectivity index (χ4n) is 2.06. The van der Waals surface area contributed by atoms with Crippen LogP contribution in [0.4, 0.5) is 4.39 Å². The molecule has 0 aliphatic heterocycles. The highest BCUT2D eigenvalue weighted by molar-refractivity contribution is 9.11. The number of fused-ring (bicyclic) bond motifs is 1. The van der Waals surface area contributed by atoms with Crippen molar-refractivity contribution < 1.29 is 4.39 Å². The molecule has 2 aromatic heterocycles. The van der Waals surface area contributed by atoms with Crippen molar-refractivity contribution in [2.24, 2.45) is 0 Å². The first-order chi connectivity index (χ1) is 9.58. The van der Waals surface area contributed by atoms with E-state index in [0.717, 1.165) is 14.9 Å². The zero-order valence-corrected chi connectivity index (χ0v) is 13.6. The fraction of sp³-hybridized carbons (Fsp3) is 0.143. The lowest BCUT2D eigenvalue weighted by Crippen LogP contribution is -1.96. The van der Waals surface area contributed by atoms with Crippen molar-refractivity contribution in [3.63, 3.8) is 0 Å². The predicted octanol–water partition coefficient (Wildman–Crippen LogP) is 5.48. The molecule has 20 heavy (non-hydrogen) atoms. The van der Waals surface area contributed by atoms with Gasteiger partial charge in [-0.05, 0) is 46.1 Å². The molecule has 1 aromatic carbocycles. The Morgan fingerprint density at radius 1 is 1.30 bits per heavy atom. The third-order valence-corrected chi connectivity index (χ3v) is 4.80. The van der Waals surface area contributed by atoms with E-state index in [0.29, 0.717) is 23.1 Å². The second-order valence-corrected chi connectivity index (χ2v) is 6.94. The summed E-state index contributed by atoms with van der Waals surface area (Å²) >= 11 is 11.2. The highest BCUT2D eigenvalue weighted by Crippen LogP contribution is 2.31. The number of hydrogen-bond acceptors (Lipinski definition) is 3. The molecule has 0 aliphatic carbocycles. The molecular weight excluding hydrogens is 363 g/mol. The molecule has 0 N–H and O–H groups in total. The Hall–Kier alpha value is -1.04. The summed E-state index contributed by atoms with van der Waals surface area (Å²) in [6.45, 7) is 1.96. The quantitative estimate of drug-likeness (QED) is 0.558. The van der Waals surface area contributed by atoms with Gasteiger partial charge in [0.2, 0.25) is 0 Å². The third-order valence-electron chi connectivity index (χ3n) is 3.00. The van der Waals surface area contributed by atoms with Gasteiger partial charge in [0.05, 0.1) is 9.30 Å². The van der Waals surface area contributed by atoms with Crippen LogP contribution in [0.3, 0.4) is 0 Å². The number of hydrogen-bond donors (Lipinski definition) is 0. The highest BCUT2D eigenvalue weighted by atomic mass is 79.9. The smallest absolute Gasteiger partial charge is 0.162 e. The van der Waals surface area contributed by atoms with Crippen LogP contribution in [0.5, 0.6) is 0 Å². The maximum Gasteiger partial charge on any atom is 0.162 e. The number of halogens is 3. The van der Waals surface area contributed by atoms with Crippen molar-refractivity contribution in [2.45, 2.75) is 13.3 Å². The van der Waals surface area contributed by atoms with Crippen LogP contribution in [0.2, 0.25) is 5.15 Å². The first-order valence-corrected chi connectivity index (χ1v) is 8.03. The van der Waals surface area contributed by atoms with E-state index < -0.39 is 0 Å². The van der Waals surface area contributed by atoms with E-state index in [-0.39, 0.29) is 11.0 Å². The summed E-state index contributed by atoms with van der Waals surface area (Å²) in [6.07, 6.45) is 0.689. The standard InChI is InChI=1S/C14H9BrClFN2S/c1-2-7-3-9(17)5-10-12(7)18-14(19-13(10)16)8-4-11(15)20-6-8/h3-6H,2H2,1H3. The van der Waals surface area contributed by atoms with Gasteiger partial charge in [0, 0.05) is 16.3 Å². The Balaban J connectivity index is 2.30. The summed E-state index contributed by atoms with van der Waals surface area (Å²) in [5.41, 5.74) is 2.45. The summed E-state index contributed by atoms with van der Waals surface area (Å²) in [7, 11) is 0. The van der Waals surface area contributed by atoms with Gasteiger partial charge in [-0.1, -0.05) is 18.5 Å². The second-order valence-electron chi connectivity index (χ2n) is 4.29. The van der Waals surface area contributed by atoms with Crippen molar-refractivity contribution in [1.29, 1.82) is 0 Å². The summed E-state index contributed by atoms with van der Waals surface area (Å²) in [6, 6.07) is 4.82. The third kappa shape index (κ3) is 2.45. The lowest BCUT2D eigenvalue weighted by atomic mass is 10.1. The Bertz CT molecular complexity index is 803. The Morgan fingerprint density at radius 2 is 2.10 bits per heavy atom. The molecule has 0 unspecified atom stereocenters. The van der Waals surface area contributed by atoms with Crippen molar-refractivity contribution in [2.75, 3.05) is 0 Å². The minimum atomic E-state index is -0.314. The lowest BCUT2D eigenvalue weighted by Gasteiger charge is -2.07. The van der Waals surface area contributed by atoms with Gasteiger partial charge >= 0.3 is 0 Å². The van der Waals surface area contributed by atoms with Crippen LogP contribution in [-0.4, -0.2) is 9.97 Å². The van der Waals surface area contributed by atoms with Crippen LogP contribution in [0, 0.1) is 5.82 Å². The number of aryl methyl sites for hydroxylation is 1. The van der Waals surface area contributed by atoms with E-state index in [9.17, 15) is 4.39 Å². The van der Waals surface area contributed by atoms with Gasteiger partial charge in [0.25, 0.3) is 0 Å². The van der Waals surface area contributed by atoms with Gasteiger partial charge in [0.15, 0.2) is 5.82 Å². The van der Waals surface area contributed by atoms with E-state index in [4.69, 9.17) is 11.6 Å². The topological polar surface area (TPSA) is 25.8 Å². The second kappa shape index (κ2) is 5.39. The van der Waals surface area contributed by atoms with E-state index >= 15 is 0 Å². The molecule has 0 fully saturated rings. The molecule has 0 aliphatic rings. The lowest BCUT2D eigenvalue weighted by molar-refractivity contribution is 0.627. The molecule has 102 valence electrons. The fourth-order valence-corrected chi connectivity index (χ4v) is 3.41. The average Bonchev–Trinajstić information content (AvgIpc) is 2.85. The molecule has 0 saturated carbocycles. The van der Waals surface area contributed by atoms with Gasteiger partial charge in [-0.15, -0.1) is 11.3 Å². The van der Waals surface area contributed by atoms with Crippen molar-refractivity contribution in [3.8, 4) is 11.4 Å². The van der Waals surface area contributed by atoms with E-state index in [1.807, 2.05) is 18.4 Å². The summed E-state index contributed by atoms with van der Waals surface area (Å²) in [5, 5.41) is 2.79. The van der Waals surface area contributed by atoms with Crippen LogP contribution in [0.15, 0.2) is 27.4 Å². The van der Waals surface area contributed by atoms with Gasteiger partial charge < -0.3 is 0 Å². The van der Waals surface area contributed by atoms with Gasteiger partial charge in [-0.3, -0.25) is 0 Å². The van der Waals surface area contributed by atoms with Gasteiger partial charge in [-0.2, -0.15) is 0 Å². The van der Waals surface area contributed by atoms with Crippen molar-refractivity contribution in [1.82, 2.24) is 9.97 Å². The normalized spacial score (nSPS) is 11.2. The van der Waals surface area contributed by atoms with E-state index in [1.54, 1.807) is 11.3 Å². The average molecular weight is 372 g/mol. The largest absolute Gasteiger partial charge is 0.228 e. The first-order valence-electron chi connectivity index (χ1n) is 5.98. The van der Waals surface area contributed by atoms with Crippen LogP contribution >= 0.6 is 38.9 Å². The number of rotatable bonds is 2. The van der Waals surface area contributed by atoms with Crippen LogP contribution in [0.25, 0.3) is 22.3 Å². The van der Waals surface area contributed by atoms with Gasteiger partial charge in [-0.25, -0.2) is 14.4 Å².